The van der Waals surface area contributed by atoms with E-state index in [9.17, 15) is 8.42 Å². The van der Waals surface area contributed by atoms with E-state index in [1.165, 1.54) is 0 Å². The van der Waals surface area contributed by atoms with Crippen LogP contribution in [0.25, 0.3) is 0 Å². The zero-order chi connectivity index (χ0) is 15.3. The van der Waals surface area contributed by atoms with Crippen LogP contribution in [-0.4, -0.2) is 8.42 Å². The van der Waals surface area contributed by atoms with Gasteiger partial charge in [-0.2, -0.15) is 10.5 Å². The molecular formula is C16H12N2O2S. The molecule has 2 rings (SSSR count). The topological polar surface area (TPSA) is 81.7 Å². The first kappa shape index (κ1) is 14.8. The second kappa shape index (κ2) is 6.21. The molecule has 2 aromatic carbocycles. The molecule has 0 bridgehead atoms. The molecule has 5 heteroatoms. The van der Waals surface area contributed by atoms with Gasteiger partial charge in [0.1, 0.15) is 0 Å². The molecule has 0 aliphatic carbocycles. The lowest BCUT2D eigenvalue weighted by Gasteiger charge is -2.05. The van der Waals surface area contributed by atoms with Crippen LogP contribution in [0.1, 0.15) is 22.3 Å². The minimum Gasteiger partial charge on any atom is -0.228 e. The molecule has 0 saturated heterocycles. The van der Waals surface area contributed by atoms with Crippen molar-refractivity contribution in [3.05, 3.63) is 70.8 Å². The fraction of sp³-hybridized carbons (Fsp3) is 0.125. The monoisotopic (exact) mass is 296 g/mol. The average molecular weight is 296 g/mol. The van der Waals surface area contributed by atoms with E-state index in [2.05, 4.69) is 0 Å². The van der Waals surface area contributed by atoms with Crippen molar-refractivity contribution < 1.29 is 8.42 Å². The molecule has 0 atom stereocenters. The molecule has 0 heterocycles. The van der Waals surface area contributed by atoms with Gasteiger partial charge in [0.25, 0.3) is 0 Å². The Morgan fingerprint density at radius 2 is 1.24 bits per heavy atom. The molecule has 0 spiro atoms. The van der Waals surface area contributed by atoms with E-state index >= 15 is 0 Å². The van der Waals surface area contributed by atoms with Crippen LogP contribution < -0.4 is 0 Å². The lowest BCUT2D eigenvalue weighted by atomic mass is 10.2. The van der Waals surface area contributed by atoms with Crippen LogP contribution >= 0.6 is 0 Å². The molecule has 104 valence electrons. The zero-order valence-electron chi connectivity index (χ0n) is 11.2. The maximum absolute atomic E-state index is 12.2. The van der Waals surface area contributed by atoms with E-state index in [4.69, 9.17) is 10.5 Å². The fourth-order valence-electron chi connectivity index (χ4n) is 2.02. The summed E-state index contributed by atoms with van der Waals surface area (Å²) in [5.41, 5.74) is 2.05. The third-order valence-corrected chi connectivity index (χ3v) is 4.43. The van der Waals surface area contributed by atoms with Crippen LogP contribution in [0.4, 0.5) is 0 Å². The summed E-state index contributed by atoms with van der Waals surface area (Å²) in [4.78, 5) is 0. The van der Waals surface area contributed by atoms with Gasteiger partial charge in [0, 0.05) is 0 Å². The Morgan fingerprint density at radius 1 is 0.810 bits per heavy atom. The SMILES string of the molecule is N#Cc1cccc(CS(=O)(=O)Cc2cccc(C#N)c2)c1. The molecule has 0 amide bonds. The summed E-state index contributed by atoms with van der Waals surface area (Å²) < 4.78 is 24.4. The highest BCUT2D eigenvalue weighted by Crippen LogP contribution is 2.14. The summed E-state index contributed by atoms with van der Waals surface area (Å²) in [6.45, 7) is 0. The van der Waals surface area contributed by atoms with Gasteiger partial charge in [-0.1, -0.05) is 24.3 Å². The van der Waals surface area contributed by atoms with E-state index in [-0.39, 0.29) is 11.5 Å². The van der Waals surface area contributed by atoms with Gasteiger partial charge in [0.2, 0.25) is 0 Å². The van der Waals surface area contributed by atoms with Gasteiger partial charge in [-0.15, -0.1) is 0 Å². The van der Waals surface area contributed by atoms with Crippen molar-refractivity contribution in [2.24, 2.45) is 0 Å². The van der Waals surface area contributed by atoms with Gasteiger partial charge in [0.15, 0.2) is 9.84 Å². The largest absolute Gasteiger partial charge is 0.228 e. The van der Waals surface area contributed by atoms with Crippen molar-refractivity contribution in [2.75, 3.05) is 0 Å². The number of sulfone groups is 1. The first-order valence-corrected chi connectivity index (χ1v) is 8.03. The molecular weight excluding hydrogens is 284 g/mol. The summed E-state index contributed by atoms with van der Waals surface area (Å²) in [6, 6.07) is 17.1. The molecule has 0 radical (unpaired) electrons. The molecule has 0 N–H and O–H groups in total. The van der Waals surface area contributed by atoms with Crippen LogP contribution in [0.15, 0.2) is 48.5 Å². The van der Waals surface area contributed by atoms with Crippen molar-refractivity contribution in [3.63, 3.8) is 0 Å². The molecule has 0 aromatic heterocycles. The molecule has 0 saturated carbocycles. The molecule has 2 aromatic rings. The zero-order valence-corrected chi connectivity index (χ0v) is 12.0. The van der Waals surface area contributed by atoms with Crippen molar-refractivity contribution in [3.8, 4) is 12.1 Å². The highest BCUT2D eigenvalue weighted by molar-refractivity contribution is 7.89. The van der Waals surface area contributed by atoms with Crippen LogP contribution in [0.5, 0.6) is 0 Å². The first-order chi connectivity index (χ1) is 10.0. The number of hydrogen-bond donors (Lipinski definition) is 0. The summed E-state index contributed by atoms with van der Waals surface area (Å²) in [5, 5.41) is 17.6. The van der Waals surface area contributed by atoms with Gasteiger partial charge >= 0.3 is 0 Å². The quantitative estimate of drug-likeness (QED) is 0.868. The highest BCUT2D eigenvalue weighted by atomic mass is 32.2. The van der Waals surface area contributed by atoms with Gasteiger partial charge in [-0.3, -0.25) is 0 Å². The Hall–Kier alpha value is -2.63. The van der Waals surface area contributed by atoms with E-state index in [0.29, 0.717) is 22.3 Å². The lowest BCUT2D eigenvalue weighted by Crippen LogP contribution is -2.08. The molecule has 21 heavy (non-hydrogen) atoms. The summed E-state index contributed by atoms with van der Waals surface area (Å²) >= 11 is 0. The van der Waals surface area contributed by atoms with E-state index in [1.54, 1.807) is 48.5 Å². The first-order valence-electron chi connectivity index (χ1n) is 6.21. The second-order valence-corrected chi connectivity index (χ2v) is 6.72. The van der Waals surface area contributed by atoms with Crippen LogP contribution in [0.2, 0.25) is 0 Å². The lowest BCUT2D eigenvalue weighted by molar-refractivity contribution is 0.594. The van der Waals surface area contributed by atoms with E-state index < -0.39 is 9.84 Å². The second-order valence-electron chi connectivity index (χ2n) is 4.66. The Bertz CT molecular complexity index is 778. The summed E-state index contributed by atoms with van der Waals surface area (Å²) in [5.74, 6) is -0.251. The summed E-state index contributed by atoms with van der Waals surface area (Å²) in [6.07, 6.45) is 0. The number of benzene rings is 2. The fourth-order valence-corrected chi connectivity index (χ4v) is 3.50. The molecule has 0 aliphatic rings. The van der Waals surface area contributed by atoms with Crippen LogP contribution in [-0.2, 0) is 21.3 Å². The Balaban J connectivity index is 2.19. The molecule has 0 aliphatic heterocycles. The molecule has 0 fully saturated rings. The smallest absolute Gasteiger partial charge is 0.158 e. The molecule has 4 nitrogen and oxygen atoms in total. The van der Waals surface area contributed by atoms with Gasteiger partial charge in [-0.05, 0) is 35.4 Å². The Labute approximate surface area is 123 Å². The number of nitriles is 2. The predicted octanol–water partition coefficient (Wildman–Crippen LogP) is 2.54. The van der Waals surface area contributed by atoms with Gasteiger partial charge < -0.3 is 0 Å². The van der Waals surface area contributed by atoms with Crippen molar-refractivity contribution >= 4 is 9.84 Å². The predicted molar refractivity (Wildman–Crippen MR) is 78.6 cm³/mol. The maximum Gasteiger partial charge on any atom is 0.158 e. The van der Waals surface area contributed by atoms with Gasteiger partial charge in [0.05, 0.1) is 34.8 Å². The normalized spacial score (nSPS) is 10.6. The maximum atomic E-state index is 12.2. The third kappa shape index (κ3) is 4.17. The van der Waals surface area contributed by atoms with E-state index in [0.717, 1.165) is 0 Å². The average Bonchev–Trinajstić information content (AvgIpc) is 2.46. The highest BCUT2D eigenvalue weighted by Gasteiger charge is 2.14. The summed E-state index contributed by atoms with van der Waals surface area (Å²) in [7, 11) is -3.36. The minimum absolute atomic E-state index is 0.126. The van der Waals surface area contributed by atoms with Crippen LogP contribution in [0.3, 0.4) is 0 Å². The number of rotatable bonds is 4. The van der Waals surface area contributed by atoms with E-state index in [1.807, 2.05) is 12.1 Å². The molecule has 0 unspecified atom stereocenters. The number of hydrogen-bond acceptors (Lipinski definition) is 4. The van der Waals surface area contributed by atoms with Crippen molar-refractivity contribution in [1.82, 2.24) is 0 Å². The Morgan fingerprint density at radius 3 is 1.62 bits per heavy atom. The Kier molecular flexibility index (Phi) is 4.37. The van der Waals surface area contributed by atoms with Crippen LogP contribution in [0, 0.1) is 22.7 Å². The minimum atomic E-state index is -3.36. The van der Waals surface area contributed by atoms with Gasteiger partial charge in [-0.25, -0.2) is 8.42 Å². The van der Waals surface area contributed by atoms with Crippen molar-refractivity contribution in [1.29, 1.82) is 10.5 Å². The standard InChI is InChI=1S/C16H12N2O2S/c17-9-13-3-1-5-15(7-13)11-21(19,20)12-16-6-2-4-14(8-16)10-18/h1-8H,11-12H2. The number of nitrogens with zero attached hydrogens (tertiary/aromatic N) is 2. The third-order valence-electron chi connectivity index (χ3n) is 2.89. The van der Waals surface area contributed by atoms with Crippen molar-refractivity contribution in [2.45, 2.75) is 11.5 Å².